The first-order chi connectivity index (χ1) is 10.2. The average molecular weight is 311 g/mol. The zero-order valence-electron chi connectivity index (χ0n) is 12.7. The fraction of sp³-hybridized carbons (Fsp3) is 0.733. The van der Waals surface area contributed by atoms with E-state index in [-0.39, 0.29) is 5.56 Å². The highest BCUT2D eigenvalue weighted by molar-refractivity contribution is 6.33. The summed E-state index contributed by atoms with van der Waals surface area (Å²) in [6.45, 7) is 7.95. The SMILES string of the molecule is CCCn1ncc(N2CC3CNCC3C2CC)c(Cl)c1=O. The molecule has 0 aliphatic carbocycles. The Morgan fingerprint density at radius 3 is 2.95 bits per heavy atom. The number of rotatable bonds is 4. The molecule has 1 N–H and O–H groups in total. The van der Waals surface area contributed by atoms with E-state index in [9.17, 15) is 4.79 Å². The number of aromatic nitrogens is 2. The molecule has 5 nitrogen and oxygen atoms in total. The molecule has 0 amide bonds. The van der Waals surface area contributed by atoms with Gasteiger partial charge in [-0.25, -0.2) is 4.68 Å². The molecule has 3 atom stereocenters. The van der Waals surface area contributed by atoms with Crippen LogP contribution < -0.4 is 15.8 Å². The van der Waals surface area contributed by atoms with Crippen LogP contribution in [0.3, 0.4) is 0 Å². The molecule has 1 aromatic heterocycles. The molecule has 3 heterocycles. The van der Waals surface area contributed by atoms with Crippen molar-refractivity contribution in [2.45, 2.75) is 39.3 Å². The summed E-state index contributed by atoms with van der Waals surface area (Å²) in [4.78, 5) is 14.6. The van der Waals surface area contributed by atoms with Crippen molar-refractivity contribution in [3.05, 3.63) is 21.6 Å². The van der Waals surface area contributed by atoms with Gasteiger partial charge in [0.25, 0.3) is 5.56 Å². The van der Waals surface area contributed by atoms with Crippen LogP contribution in [-0.4, -0.2) is 35.5 Å². The van der Waals surface area contributed by atoms with Crippen LogP contribution in [0.5, 0.6) is 0 Å². The van der Waals surface area contributed by atoms with E-state index in [1.807, 2.05) is 6.92 Å². The molecule has 6 heteroatoms. The van der Waals surface area contributed by atoms with E-state index in [2.05, 4.69) is 22.2 Å². The van der Waals surface area contributed by atoms with Crippen LogP contribution >= 0.6 is 11.6 Å². The van der Waals surface area contributed by atoms with Crippen LogP contribution in [0.15, 0.2) is 11.0 Å². The average Bonchev–Trinajstić information content (AvgIpc) is 3.04. The Balaban J connectivity index is 1.93. The van der Waals surface area contributed by atoms with E-state index in [1.165, 1.54) is 4.68 Å². The molecule has 0 saturated carbocycles. The number of nitrogens with one attached hydrogen (secondary N) is 1. The Morgan fingerprint density at radius 1 is 1.43 bits per heavy atom. The summed E-state index contributed by atoms with van der Waals surface area (Å²) in [5.74, 6) is 1.31. The van der Waals surface area contributed by atoms with Crippen molar-refractivity contribution in [2.24, 2.45) is 11.8 Å². The van der Waals surface area contributed by atoms with Crippen LogP contribution in [0, 0.1) is 11.8 Å². The maximum Gasteiger partial charge on any atom is 0.287 e. The van der Waals surface area contributed by atoms with Gasteiger partial charge >= 0.3 is 0 Å². The first-order valence-corrected chi connectivity index (χ1v) is 8.28. The Kier molecular flexibility index (Phi) is 4.22. The minimum Gasteiger partial charge on any atom is -0.365 e. The third-order valence-electron chi connectivity index (χ3n) is 4.85. The van der Waals surface area contributed by atoms with E-state index >= 15 is 0 Å². The predicted molar refractivity (Wildman–Crippen MR) is 85.1 cm³/mol. The summed E-state index contributed by atoms with van der Waals surface area (Å²) >= 11 is 6.36. The second-order valence-electron chi connectivity index (χ2n) is 6.08. The van der Waals surface area contributed by atoms with Crippen molar-refractivity contribution in [3.63, 3.8) is 0 Å². The first kappa shape index (κ1) is 14.9. The van der Waals surface area contributed by atoms with Crippen molar-refractivity contribution in [1.29, 1.82) is 0 Å². The minimum atomic E-state index is -0.166. The fourth-order valence-electron chi connectivity index (χ4n) is 3.85. The lowest BCUT2D eigenvalue weighted by Crippen LogP contribution is -2.37. The Morgan fingerprint density at radius 2 is 2.24 bits per heavy atom. The molecule has 2 aliphatic rings. The molecule has 2 fully saturated rings. The first-order valence-electron chi connectivity index (χ1n) is 7.90. The number of nitrogens with zero attached hydrogens (tertiary/aromatic N) is 3. The number of hydrogen-bond acceptors (Lipinski definition) is 4. The number of aryl methyl sites for hydroxylation is 1. The molecule has 0 spiro atoms. The molecular formula is C15H23ClN4O. The van der Waals surface area contributed by atoms with Crippen LogP contribution in [0.4, 0.5) is 5.69 Å². The van der Waals surface area contributed by atoms with Gasteiger partial charge in [0.1, 0.15) is 5.02 Å². The lowest BCUT2D eigenvalue weighted by atomic mass is 9.93. The van der Waals surface area contributed by atoms with Gasteiger partial charge in [0, 0.05) is 32.2 Å². The zero-order valence-corrected chi connectivity index (χ0v) is 13.4. The quantitative estimate of drug-likeness (QED) is 0.920. The van der Waals surface area contributed by atoms with Gasteiger partial charge in [0.2, 0.25) is 0 Å². The van der Waals surface area contributed by atoms with Crippen molar-refractivity contribution in [3.8, 4) is 0 Å². The van der Waals surface area contributed by atoms with Crippen LogP contribution in [-0.2, 0) is 6.54 Å². The molecule has 0 radical (unpaired) electrons. The molecule has 2 aliphatic heterocycles. The summed E-state index contributed by atoms with van der Waals surface area (Å²) < 4.78 is 1.46. The molecule has 1 aromatic rings. The second-order valence-corrected chi connectivity index (χ2v) is 6.46. The van der Waals surface area contributed by atoms with Crippen molar-refractivity contribution in [1.82, 2.24) is 15.1 Å². The van der Waals surface area contributed by atoms with Crippen LogP contribution in [0.25, 0.3) is 0 Å². The normalized spacial score (nSPS) is 28.1. The second kappa shape index (κ2) is 5.97. The lowest BCUT2D eigenvalue weighted by molar-refractivity contribution is 0.441. The monoisotopic (exact) mass is 310 g/mol. The van der Waals surface area contributed by atoms with Gasteiger partial charge in [0.05, 0.1) is 11.9 Å². The minimum absolute atomic E-state index is 0.166. The van der Waals surface area contributed by atoms with Gasteiger partial charge < -0.3 is 10.2 Å². The predicted octanol–water partition coefficient (Wildman–Crippen LogP) is 1.74. The molecule has 116 valence electrons. The number of fused-ring (bicyclic) bond motifs is 1. The largest absolute Gasteiger partial charge is 0.365 e. The number of anilines is 1. The third kappa shape index (κ3) is 2.46. The highest BCUT2D eigenvalue weighted by Crippen LogP contribution is 2.38. The zero-order chi connectivity index (χ0) is 15.0. The molecule has 2 saturated heterocycles. The fourth-order valence-corrected chi connectivity index (χ4v) is 4.11. The molecule has 3 unspecified atom stereocenters. The van der Waals surface area contributed by atoms with Crippen LogP contribution in [0.1, 0.15) is 26.7 Å². The maximum atomic E-state index is 12.3. The molecule has 21 heavy (non-hydrogen) atoms. The summed E-state index contributed by atoms with van der Waals surface area (Å²) in [5, 5.41) is 8.09. The number of halogens is 1. The van der Waals surface area contributed by atoms with Gasteiger partial charge in [-0.05, 0) is 24.7 Å². The van der Waals surface area contributed by atoms with Gasteiger partial charge in [-0.1, -0.05) is 25.4 Å². The highest BCUT2D eigenvalue weighted by atomic mass is 35.5. The standard InChI is InChI=1S/C15H23ClN4O/c1-3-5-20-15(21)14(16)13(8-18-20)19-9-10-6-17-7-11(10)12(19)4-2/h8,10-12,17H,3-7,9H2,1-2H3. The summed E-state index contributed by atoms with van der Waals surface area (Å²) in [7, 11) is 0. The number of hydrogen-bond donors (Lipinski definition) is 1. The topological polar surface area (TPSA) is 50.2 Å². The highest BCUT2D eigenvalue weighted by Gasteiger charge is 2.44. The molecule has 0 aromatic carbocycles. The smallest absolute Gasteiger partial charge is 0.287 e. The van der Waals surface area contributed by atoms with Gasteiger partial charge in [-0.3, -0.25) is 4.79 Å². The molecule has 3 rings (SSSR count). The van der Waals surface area contributed by atoms with E-state index in [0.29, 0.717) is 29.4 Å². The van der Waals surface area contributed by atoms with Crippen molar-refractivity contribution >= 4 is 17.3 Å². The maximum absolute atomic E-state index is 12.3. The molecular weight excluding hydrogens is 288 g/mol. The Bertz CT molecular complexity index is 573. The van der Waals surface area contributed by atoms with Crippen molar-refractivity contribution in [2.75, 3.05) is 24.5 Å². The Hall–Kier alpha value is -1.07. The Labute approximate surface area is 130 Å². The molecule has 0 bridgehead atoms. The summed E-state index contributed by atoms with van der Waals surface area (Å²) in [5.41, 5.74) is 0.649. The third-order valence-corrected chi connectivity index (χ3v) is 5.20. The van der Waals surface area contributed by atoms with Gasteiger partial charge in [0.15, 0.2) is 0 Å². The van der Waals surface area contributed by atoms with E-state index in [0.717, 1.165) is 38.2 Å². The summed E-state index contributed by atoms with van der Waals surface area (Å²) in [6.07, 6.45) is 3.72. The van der Waals surface area contributed by atoms with Crippen LogP contribution in [0.2, 0.25) is 5.02 Å². The van der Waals surface area contributed by atoms with E-state index < -0.39 is 0 Å². The van der Waals surface area contributed by atoms with E-state index in [4.69, 9.17) is 11.6 Å². The van der Waals surface area contributed by atoms with Gasteiger partial charge in [-0.15, -0.1) is 0 Å². The van der Waals surface area contributed by atoms with E-state index in [1.54, 1.807) is 6.20 Å². The summed E-state index contributed by atoms with van der Waals surface area (Å²) in [6, 6.07) is 0.450. The van der Waals surface area contributed by atoms with Crippen molar-refractivity contribution < 1.29 is 0 Å². The lowest BCUT2D eigenvalue weighted by Gasteiger charge is -2.29. The van der Waals surface area contributed by atoms with Gasteiger partial charge in [-0.2, -0.15) is 5.10 Å².